The molecule has 0 aromatic rings. The van der Waals surface area contributed by atoms with Gasteiger partial charge in [-0.1, -0.05) is 0 Å². The quantitative estimate of drug-likeness (QED) is 0.391. The van der Waals surface area contributed by atoms with Gasteiger partial charge < -0.3 is 0 Å². The van der Waals surface area contributed by atoms with E-state index in [9.17, 15) is 4.79 Å². The standard InChI is InChI=1S/C8H16N2OS/c1-8(2,7(11)10-9)12-5-6-3-4-6/h6H,3-5,9H2,1-2H3,(H,10,11). The monoisotopic (exact) mass is 188 g/mol. The van der Waals surface area contributed by atoms with Crippen molar-refractivity contribution < 1.29 is 4.79 Å². The Bertz CT molecular complexity index is 178. The lowest BCUT2D eigenvalue weighted by Crippen LogP contribution is -2.43. The fourth-order valence-corrected chi connectivity index (χ4v) is 2.03. The molecule has 0 bridgehead atoms. The topological polar surface area (TPSA) is 55.1 Å². The molecule has 1 amide bonds. The van der Waals surface area contributed by atoms with Crippen LogP contribution < -0.4 is 11.3 Å². The van der Waals surface area contributed by atoms with Crippen LogP contribution in [0.5, 0.6) is 0 Å². The fraction of sp³-hybridized carbons (Fsp3) is 0.875. The van der Waals surface area contributed by atoms with Crippen molar-refractivity contribution in [2.45, 2.75) is 31.4 Å². The van der Waals surface area contributed by atoms with Crippen LogP contribution in [-0.4, -0.2) is 16.4 Å². The highest BCUT2D eigenvalue weighted by Gasteiger charge is 2.31. The van der Waals surface area contributed by atoms with Crippen molar-refractivity contribution in [1.82, 2.24) is 5.43 Å². The molecule has 1 saturated carbocycles. The first-order valence-electron chi connectivity index (χ1n) is 4.21. The number of hydrogen-bond acceptors (Lipinski definition) is 3. The Kier molecular flexibility index (Phi) is 3.01. The summed E-state index contributed by atoms with van der Waals surface area (Å²) in [5.74, 6) is 6.91. The Balaban J connectivity index is 2.29. The van der Waals surface area contributed by atoms with Crippen LogP contribution in [0.25, 0.3) is 0 Å². The van der Waals surface area contributed by atoms with Gasteiger partial charge in [-0.2, -0.15) is 0 Å². The average Bonchev–Trinajstić information content (AvgIpc) is 2.82. The summed E-state index contributed by atoms with van der Waals surface area (Å²) in [5.41, 5.74) is 2.19. The maximum atomic E-state index is 11.2. The second kappa shape index (κ2) is 3.66. The molecule has 3 N–H and O–H groups in total. The molecule has 4 heteroatoms. The van der Waals surface area contributed by atoms with Crippen LogP contribution in [0.4, 0.5) is 0 Å². The molecule has 12 heavy (non-hydrogen) atoms. The van der Waals surface area contributed by atoms with Gasteiger partial charge in [0.15, 0.2) is 0 Å². The summed E-state index contributed by atoms with van der Waals surface area (Å²) in [6.45, 7) is 3.81. The Labute approximate surface area is 77.4 Å². The van der Waals surface area contributed by atoms with Gasteiger partial charge in [0.1, 0.15) is 0 Å². The number of hydrazine groups is 1. The van der Waals surface area contributed by atoms with E-state index in [1.807, 2.05) is 13.8 Å². The van der Waals surface area contributed by atoms with Gasteiger partial charge in [-0.25, -0.2) is 5.84 Å². The summed E-state index contributed by atoms with van der Waals surface area (Å²) in [6.07, 6.45) is 2.65. The van der Waals surface area contributed by atoms with Crippen LogP contribution in [0.2, 0.25) is 0 Å². The highest BCUT2D eigenvalue weighted by Crippen LogP contribution is 2.36. The summed E-state index contributed by atoms with van der Waals surface area (Å²) < 4.78 is -0.378. The first kappa shape index (κ1) is 9.86. The molecule has 0 atom stereocenters. The molecule has 0 spiro atoms. The zero-order valence-electron chi connectivity index (χ0n) is 7.59. The van der Waals surface area contributed by atoms with Gasteiger partial charge in [0.05, 0.1) is 4.75 Å². The lowest BCUT2D eigenvalue weighted by molar-refractivity contribution is -0.122. The molecule has 1 rings (SSSR count). The second-order valence-electron chi connectivity index (χ2n) is 3.74. The summed E-state index contributed by atoms with van der Waals surface area (Å²) in [6, 6.07) is 0. The maximum Gasteiger partial charge on any atom is 0.249 e. The van der Waals surface area contributed by atoms with Gasteiger partial charge in [-0.05, 0) is 38.4 Å². The molecule has 1 aliphatic carbocycles. The van der Waals surface area contributed by atoms with Crippen molar-refractivity contribution in [3.63, 3.8) is 0 Å². The highest BCUT2D eigenvalue weighted by atomic mass is 32.2. The molecule has 1 fully saturated rings. The van der Waals surface area contributed by atoms with Crippen LogP contribution >= 0.6 is 11.8 Å². The minimum Gasteiger partial charge on any atom is -0.293 e. The molecule has 0 unspecified atom stereocenters. The van der Waals surface area contributed by atoms with Gasteiger partial charge in [0, 0.05) is 0 Å². The van der Waals surface area contributed by atoms with Gasteiger partial charge in [0.2, 0.25) is 5.91 Å². The molecular weight excluding hydrogens is 172 g/mol. The van der Waals surface area contributed by atoms with Crippen LogP contribution in [0.15, 0.2) is 0 Å². The van der Waals surface area contributed by atoms with Crippen LogP contribution in [0.1, 0.15) is 26.7 Å². The Morgan fingerprint density at radius 2 is 2.25 bits per heavy atom. The minimum absolute atomic E-state index is 0.0897. The number of nitrogens with two attached hydrogens (primary N) is 1. The van der Waals surface area contributed by atoms with Crippen molar-refractivity contribution in [1.29, 1.82) is 0 Å². The van der Waals surface area contributed by atoms with E-state index in [1.54, 1.807) is 11.8 Å². The number of amides is 1. The van der Waals surface area contributed by atoms with Gasteiger partial charge in [-0.3, -0.25) is 10.2 Å². The van der Waals surface area contributed by atoms with E-state index in [-0.39, 0.29) is 10.7 Å². The van der Waals surface area contributed by atoms with E-state index in [1.165, 1.54) is 12.8 Å². The van der Waals surface area contributed by atoms with E-state index >= 15 is 0 Å². The van der Waals surface area contributed by atoms with Crippen molar-refractivity contribution in [3.05, 3.63) is 0 Å². The third-order valence-corrected chi connectivity index (χ3v) is 3.60. The predicted molar refractivity (Wildman–Crippen MR) is 51.6 cm³/mol. The molecule has 3 nitrogen and oxygen atoms in total. The van der Waals surface area contributed by atoms with Gasteiger partial charge in [0.25, 0.3) is 0 Å². The number of nitrogens with one attached hydrogen (secondary N) is 1. The maximum absolute atomic E-state index is 11.2. The number of rotatable bonds is 4. The lowest BCUT2D eigenvalue weighted by Gasteiger charge is -2.21. The first-order valence-corrected chi connectivity index (χ1v) is 5.20. The summed E-state index contributed by atoms with van der Waals surface area (Å²) >= 11 is 1.69. The van der Waals surface area contributed by atoms with E-state index in [0.717, 1.165) is 11.7 Å². The normalized spacial score (nSPS) is 17.6. The summed E-state index contributed by atoms with van der Waals surface area (Å²) in [7, 11) is 0. The van der Waals surface area contributed by atoms with Crippen molar-refractivity contribution in [3.8, 4) is 0 Å². The lowest BCUT2D eigenvalue weighted by atomic mass is 10.2. The molecule has 0 aliphatic heterocycles. The Morgan fingerprint density at radius 1 is 1.67 bits per heavy atom. The van der Waals surface area contributed by atoms with E-state index < -0.39 is 0 Å². The molecule has 70 valence electrons. The average molecular weight is 188 g/mol. The fourth-order valence-electron chi connectivity index (χ4n) is 0.850. The van der Waals surface area contributed by atoms with Gasteiger partial charge >= 0.3 is 0 Å². The van der Waals surface area contributed by atoms with Crippen LogP contribution in [0.3, 0.4) is 0 Å². The molecule has 0 aromatic heterocycles. The number of thioether (sulfide) groups is 1. The smallest absolute Gasteiger partial charge is 0.249 e. The number of carbonyl (C=O) groups excluding carboxylic acids is 1. The second-order valence-corrected chi connectivity index (χ2v) is 5.38. The third-order valence-electron chi connectivity index (χ3n) is 2.05. The van der Waals surface area contributed by atoms with E-state index in [4.69, 9.17) is 5.84 Å². The number of hydrogen-bond donors (Lipinski definition) is 2. The third kappa shape index (κ3) is 2.68. The van der Waals surface area contributed by atoms with Crippen molar-refractivity contribution in [2.75, 3.05) is 5.75 Å². The SMILES string of the molecule is CC(C)(SCC1CC1)C(=O)NN. The molecule has 0 saturated heterocycles. The van der Waals surface area contributed by atoms with Crippen molar-refractivity contribution in [2.24, 2.45) is 11.8 Å². The Morgan fingerprint density at radius 3 is 2.67 bits per heavy atom. The summed E-state index contributed by atoms with van der Waals surface area (Å²) in [4.78, 5) is 11.2. The van der Waals surface area contributed by atoms with E-state index in [0.29, 0.717) is 0 Å². The number of carbonyl (C=O) groups is 1. The zero-order valence-corrected chi connectivity index (χ0v) is 8.41. The molecule has 0 heterocycles. The largest absolute Gasteiger partial charge is 0.293 e. The van der Waals surface area contributed by atoms with Crippen molar-refractivity contribution >= 4 is 17.7 Å². The first-order chi connectivity index (χ1) is 5.56. The molecular formula is C8H16N2OS. The van der Waals surface area contributed by atoms with E-state index in [2.05, 4.69) is 5.43 Å². The zero-order chi connectivity index (χ0) is 9.19. The molecule has 1 aliphatic rings. The Hall–Kier alpha value is -0.220. The molecule has 0 radical (unpaired) electrons. The highest BCUT2D eigenvalue weighted by molar-refractivity contribution is 8.01. The molecule has 0 aromatic carbocycles. The van der Waals surface area contributed by atoms with Crippen LogP contribution in [-0.2, 0) is 4.79 Å². The minimum atomic E-state index is -0.378. The summed E-state index contributed by atoms with van der Waals surface area (Å²) in [5, 5.41) is 0. The van der Waals surface area contributed by atoms with Crippen LogP contribution in [0, 0.1) is 5.92 Å². The van der Waals surface area contributed by atoms with Gasteiger partial charge in [-0.15, -0.1) is 11.8 Å². The predicted octanol–water partition coefficient (Wildman–Crippen LogP) is 0.898.